The van der Waals surface area contributed by atoms with Crippen molar-refractivity contribution in [2.24, 2.45) is 0 Å². The summed E-state index contributed by atoms with van der Waals surface area (Å²) >= 11 is 0. The molecular formula is C14H35NO3. The molecule has 4 heteroatoms. The zero-order valence-corrected chi connectivity index (χ0v) is 13.8. The Morgan fingerprint density at radius 1 is 0.944 bits per heavy atom. The average molecular weight is 265 g/mol. The summed E-state index contributed by atoms with van der Waals surface area (Å²) in [6.07, 6.45) is 0.850. The van der Waals surface area contributed by atoms with E-state index < -0.39 is 0 Å². The smallest absolute Gasteiger partial charge is 0.216 e. The lowest BCUT2D eigenvalue weighted by atomic mass is 10.4. The van der Waals surface area contributed by atoms with Gasteiger partial charge in [0.2, 0.25) is 5.91 Å². The second-order valence-corrected chi connectivity index (χ2v) is 2.44. The number of amides is 1. The molecule has 0 fully saturated rings. The molecule has 0 radical (unpaired) electrons. The third kappa shape index (κ3) is 45.3. The van der Waals surface area contributed by atoms with Gasteiger partial charge in [0.05, 0.1) is 13.2 Å². The Morgan fingerprint density at radius 3 is 1.83 bits per heavy atom. The van der Waals surface area contributed by atoms with Crippen molar-refractivity contribution in [2.45, 2.75) is 54.9 Å². The molecule has 0 spiro atoms. The first kappa shape index (κ1) is 26.1. The molecule has 0 aliphatic carbocycles. The molecule has 0 unspecified atom stereocenters. The van der Waals surface area contributed by atoms with Gasteiger partial charge in [-0.15, -0.1) is 0 Å². The Labute approximate surface area is 114 Å². The van der Waals surface area contributed by atoms with Crippen LogP contribution < -0.4 is 5.32 Å². The monoisotopic (exact) mass is 265 g/mol. The van der Waals surface area contributed by atoms with Crippen molar-refractivity contribution >= 4 is 5.91 Å². The summed E-state index contributed by atoms with van der Waals surface area (Å²) in [5, 5.41) is 2.69. The van der Waals surface area contributed by atoms with E-state index in [1.165, 1.54) is 6.92 Å². The first-order chi connectivity index (χ1) is 8.77. The Kier molecular flexibility index (Phi) is 52.1. The lowest BCUT2D eigenvalue weighted by Gasteiger charge is -2.03. The van der Waals surface area contributed by atoms with E-state index in [4.69, 9.17) is 9.47 Å². The molecule has 1 amide bonds. The van der Waals surface area contributed by atoms with E-state index in [9.17, 15) is 4.79 Å². The van der Waals surface area contributed by atoms with Crippen LogP contribution in [0.5, 0.6) is 0 Å². The van der Waals surface area contributed by atoms with E-state index in [-0.39, 0.29) is 5.91 Å². The van der Waals surface area contributed by atoms with Crippen molar-refractivity contribution < 1.29 is 14.3 Å². The van der Waals surface area contributed by atoms with E-state index in [2.05, 4.69) is 5.32 Å². The zero-order valence-electron chi connectivity index (χ0n) is 13.8. The minimum atomic E-state index is 0.00638. The van der Waals surface area contributed by atoms with Crippen LogP contribution in [-0.4, -0.2) is 39.4 Å². The van der Waals surface area contributed by atoms with Crippen LogP contribution in [0, 0.1) is 0 Å². The quantitative estimate of drug-likeness (QED) is 0.719. The van der Waals surface area contributed by atoms with Crippen LogP contribution in [0.15, 0.2) is 0 Å². The number of rotatable bonds is 7. The van der Waals surface area contributed by atoms with Gasteiger partial charge < -0.3 is 14.8 Å². The van der Waals surface area contributed by atoms with Crippen LogP contribution in [0.3, 0.4) is 0 Å². The first-order valence-electron chi connectivity index (χ1n) is 7.08. The maximum atomic E-state index is 10.4. The van der Waals surface area contributed by atoms with Gasteiger partial charge in [-0.1, -0.05) is 41.5 Å². The maximum Gasteiger partial charge on any atom is 0.216 e. The molecule has 0 aliphatic heterocycles. The van der Waals surface area contributed by atoms with E-state index in [1.807, 2.05) is 41.5 Å². The predicted octanol–water partition coefficient (Wildman–Crippen LogP) is 3.25. The number of nitrogens with one attached hydrogen (secondary N) is 1. The van der Waals surface area contributed by atoms with E-state index in [1.54, 1.807) is 7.11 Å². The highest BCUT2D eigenvalue weighted by Gasteiger charge is 1.90. The third-order valence-corrected chi connectivity index (χ3v) is 1.27. The number of hydrogen-bond donors (Lipinski definition) is 1. The predicted molar refractivity (Wildman–Crippen MR) is 80.0 cm³/mol. The van der Waals surface area contributed by atoms with E-state index >= 15 is 0 Å². The second-order valence-electron chi connectivity index (χ2n) is 2.44. The van der Waals surface area contributed by atoms with Gasteiger partial charge in [-0.25, -0.2) is 0 Å². The van der Waals surface area contributed by atoms with Crippen LogP contribution in [0.4, 0.5) is 0 Å². The van der Waals surface area contributed by atoms with Crippen molar-refractivity contribution in [2.75, 3.05) is 33.5 Å². The molecule has 0 bridgehead atoms. The number of ether oxygens (including phenoxy) is 2. The molecule has 114 valence electrons. The van der Waals surface area contributed by atoms with E-state index in [0.717, 1.165) is 6.42 Å². The fourth-order valence-corrected chi connectivity index (χ4v) is 0.683. The SMILES string of the molecule is CC.CC.CC.COCCOCCCNC(C)=O. The Balaban J connectivity index is -0.000000141. The van der Waals surface area contributed by atoms with Gasteiger partial charge in [0, 0.05) is 27.2 Å². The standard InChI is InChI=1S/C8H17NO3.3C2H6/c1-8(10)9-4-3-5-12-7-6-11-2;3*1-2/h3-7H2,1-2H3,(H,9,10);3*1-2H3. The fraction of sp³-hybridized carbons (Fsp3) is 0.929. The van der Waals surface area contributed by atoms with Gasteiger partial charge in [-0.2, -0.15) is 0 Å². The number of carbonyl (C=O) groups is 1. The normalized spacial score (nSPS) is 7.56. The molecular weight excluding hydrogens is 230 g/mol. The van der Waals surface area contributed by atoms with Crippen molar-refractivity contribution in [1.82, 2.24) is 5.32 Å². The molecule has 4 nitrogen and oxygen atoms in total. The summed E-state index contributed by atoms with van der Waals surface area (Å²) in [6.45, 7) is 16.1. The van der Waals surface area contributed by atoms with Crippen LogP contribution in [-0.2, 0) is 14.3 Å². The number of carbonyl (C=O) groups excluding carboxylic acids is 1. The molecule has 0 rings (SSSR count). The Morgan fingerprint density at radius 2 is 1.44 bits per heavy atom. The highest BCUT2D eigenvalue weighted by molar-refractivity contribution is 5.72. The minimum absolute atomic E-state index is 0.00638. The van der Waals surface area contributed by atoms with Gasteiger partial charge in [-0.3, -0.25) is 4.79 Å². The molecule has 1 N–H and O–H groups in total. The van der Waals surface area contributed by atoms with Gasteiger partial charge in [-0.05, 0) is 6.42 Å². The average Bonchev–Trinajstić information content (AvgIpc) is 2.44. The highest BCUT2D eigenvalue weighted by Crippen LogP contribution is 1.81. The summed E-state index contributed by atoms with van der Waals surface area (Å²) in [6, 6.07) is 0. The summed E-state index contributed by atoms with van der Waals surface area (Å²) in [4.78, 5) is 10.4. The molecule has 0 aliphatic rings. The minimum Gasteiger partial charge on any atom is -0.382 e. The number of hydrogen-bond acceptors (Lipinski definition) is 3. The summed E-state index contributed by atoms with van der Waals surface area (Å²) in [5.41, 5.74) is 0. The highest BCUT2D eigenvalue weighted by atomic mass is 16.5. The van der Waals surface area contributed by atoms with Gasteiger partial charge >= 0.3 is 0 Å². The lowest BCUT2D eigenvalue weighted by Crippen LogP contribution is -2.22. The van der Waals surface area contributed by atoms with Crippen molar-refractivity contribution in [1.29, 1.82) is 0 Å². The Bertz CT molecular complexity index is 120. The van der Waals surface area contributed by atoms with Crippen molar-refractivity contribution in [3.8, 4) is 0 Å². The summed E-state index contributed by atoms with van der Waals surface area (Å²) in [7, 11) is 1.64. The van der Waals surface area contributed by atoms with Gasteiger partial charge in [0.25, 0.3) is 0 Å². The maximum absolute atomic E-state index is 10.4. The van der Waals surface area contributed by atoms with Crippen LogP contribution in [0.1, 0.15) is 54.9 Å². The second kappa shape index (κ2) is 36.0. The van der Waals surface area contributed by atoms with Gasteiger partial charge in [0.15, 0.2) is 0 Å². The zero-order chi connectivity index (χ0) is 15.2. The summed E-state index contributed by atoms with van der Waals surface area (Å²) in [5.74, 6) is 0.00638. The molecule has 18 heavy (non-hydrogen) atoms. The molecule has 0 saturated carbocycles. The fourth-order valence-electron chi connectivity index (χ4n) is 0.683. The first-order valence-corrected chi connectivity index (χ1v) is 7.08. The third-order valence-electron chi connectivity index (χ3n) is 1.27. The molecule has 0 aromatic heterocycles. The molecule has 0 saturated heterocycles. The van der Waals surface area contributed by atoms with Gasteiger partial charge in [0.1, 0.15) is 0 Å². The summed E-state index contributed by atoms with van der Waals surface area (Å²) < 4.78 is 9.97. The molecule has 0 aromatic carbocycles. The van der Waals surface area contributed by atoms with Crippen LogP contribution in [0.2, 0.25) is 0 Å². The van der Waals surface area contributed by atoms with Crippen molar-refractivity contribution in [3.05, 3.63) is 0 Å². The van der Waals surface area contributed by atoms with Crippen molar-refractivity contribution in [3.63, 3.8) is 0 Å². The lowest BCUT2D eigenvalue weighted by molar-refractivity contribution is -0.119. The number of methoxy groups -OCH3 is 1. The van der Waals surface area contributed by atoms with Crippen LogP contribution >= 0.6 is 0 Å². The topological polar surface area (TPSA) is 47.6 Å². The van der Waals surface area contributed by atoms with Crippen LogP contribution in [0.25, 0.3) is 0 Å². The molecule has 0 atom stereocenters. The Hall–Kier alpha value is -0.610. The largest absolute Gasteiger partial charge is 0.382 e. The molecule has 0 heterocycles. The molecule has 0 aromatic rings. The van der Waals surface area contributed by atoms with E-state index in [0.29, 0.717) is 26.4 Å².